The lowest BCUT2D eigenvalue weighted by atomic mass is 10.0. The van der Waals surface area contributed by atoms with Crippen molar-refractivity contribution >= 4 is 6.03 Å². The van der Waals surface area contributed by atoms with Gasteiger partial charge < -0.3 is 10.6 Å². The van der Waals surface area contributed by atoms with Crippen molar-refractivity contribution < 1.29 is 4.79 Å². The molecule has 1 aromatic rings. The second kappa shape index (κ2) is 4.34. The molecule has 2 N–H and O–H groups in total. The Morgan fingerprint density at radius 2 is 1.87 bits per heavy atom. The number of carbonyl (C=O) groups is 1. The molecule has 0 unspecified atom stereocenters. The van der Waals surface area contributed by atoms with Crippen LogP contribution in [0.25, 0.3) is 0 Å². The highest BCUT2D eigenvalue weighted by molar-refractivity contribution is 5.73. The maximum absolute atomic E-state index is 11.2. The number of fused-ring (bicyclic) bond motifs is 2. The van der Waals surface area contributed by atoms with E-state index >= 15 is 0 Å². The molecule has 1 aliphatic rings. The molecule has 2 amide bonds. The Kier molecular flexibility index (Phi) is 2.90. The largest absolute Gasteiger partial charge is 0.338 e. The van der Waals surface area contributed by atoms with Crippen molar-refractivity contribution in [2.75, 3.05) is 13.1 Å². The summed E-state index contributed by atoms with van der Waals surface area (Å²) in [4.78, 5) is 11.2. The van der Waals surface area contributed by atoms with Crippen LogP contribution >= 0.6 is 0 Å². The van der Waals surface area contributed by atoms with Gasteiger partial charge >= 0.3 is 6.03 Å². The lowest BCUT2D eigenvalue weighted by Gasteiger charge is -2.13. The molecule has 1 aliphatic heterocycles. The molecule has 2 rings (SSSR count). The van der Waals surface area contributed by atoms with E-state index in [-0.39, 0.29) is 6.03 Å². The van der Waals surface area contributed by atoms with Crippen molar-refractivity contribution in [1.29, 1.82) is 0 Å². The molecule has 0 saturated heterocycles. The molecule has 0 spiro atoms. The number of aryl methyl sites for hydroxylation is 1. The van der Waals surface area contributed by atoms with Gasteiger partial charge in [0, 0.05) is 13.1 Å². The van der Waals surface area contributed by atoms with Gasteiger partial charge in [0.15, 0.2) is 0 Å². The fraction of sp³-hybridized carbons (Fsp3) is 0.417. The van der Waals surface area contributed by atoms with E-state index in [2.05, 4.69) is 35.8 Å². The van der Waals surface area contributed by atoms with Crippen LogP contribution < -0.4 is 10.6 Å². The maximum Gasteiger partial charge on any atom is 0.314 e. The monoisotopic (exact) mass is 204 g/mol. The molecule has 0 saturated carbocycles. The second-order valence-corrected chi connectivity index (χ2v) is 3.94. The van der Waals surface area contributed by atoms with Gasteiger partial charge in [-0.3, -0.25) is 0 Å². The van der Waals surface area contributed by atoms with Crippen LogP contribution in [-0.4, -0.2) is 19.1 Å². The summed E-state index contributed by atoms with van der Waals surface area (Å²) in [6, 6.07) is 6.49. The van der Waals surface area contributed by atoms with Crippen LogP contribution in [0.1, 0.15) is 16.7 Å². The molecule has 3 nitrogen and oxygen atoms in total. The predicted molar refractivity (Wildman–Crippen MR) is 60.0 cm³/mol. The van der Waals surface area contributed by atoms with Crippen molar-refractivity contribution in [3.63, 3.8) is 0 Å². The van der Waals surface area contributed by atoms with E-state index in [1.807, 2.05) is 0 Å². The van der Waals surface area contributed by atoms with E-state index in [1.165, 1.54) is 16.7 Å². The summed E-state index contributed by atoms with van der Waals surface area (Å²) in [5.41, 5.74) is 3.95. The van der Waals surface area contributed by atoms with E-state index in [1.54, 1.807) is 0 Å². The first-order valence-electron chi connectivity index (χ1n) is 5.36. The van der Waals surface area contributed by atoms with Gasteiger partial charge in [-0.05, 0) is 36.5 Å². The lowest BCUT2D eigenvalue weighted by molar-refractivity contribution is 0.241. The average Bonchev–Trinajstić information content (AvgIpc) is 2.22. The predicted octanol–water partition coefficient (Wildman–Crippen LogP) is 1.39. The van der Waals surface area contributed by atoms with Gasteiger partial charge in [0.25, 0.3) is 0 Å². The van der Waals surface area contributed by atoms with Crippen LogP contribution in [0.5, 0.6) is 0 Å². The summed E-state index contributed by atoms with van der Waals surface area (Å²) >= 11 is 0. The van der Waals surface area contributed by atoms with Gasteiger partial charge in [0.2, 0.25) is 0 Å². The Morgan fingerprint density at radius 1 is 1.13 bits per heavy atom. The summed E-state index contributed by atoms with van der Waals surface area (Å²) in [7, 11) is 0. The minimum Gasteiger partial charge on any atom is -0.338 e. The molecule has 1 heterocycles. The molecule has 15 heavy (non-hydrogen) atoms. The van der Waals surface area contributed by atoms with E-state index in [4.69, 9.17) is 0 Å². The molecule has 1 aromatic carbocycles. The zero-order chi connectivity index (χ0) is 10.7. The fourth-order valence-electron chi connectivity index (χ4n) is 1.84. The highest BCUT2D eigenvalue weighted by atomic mass is 16.2. The zero-order valence-corrected chi connectivity index (χ0v) is 8.97. The Labute approximate surface area is 89.9 Å². The summed E-state index contributed by atoms with van der Waals surface area (Å²) in [5, 5.41) is 5.66. The maximum atomic E-state index is 11.2. The Hall–Kier alpha value is -1.51. The summed E-state index contributed by atoms with van der Waals surface area (Å²) in [6.45, 7) is 3.52. The van der Waals surface area contributed by atoms with Crippen molar-refractivity contribution in [2.24, 2.45) is 0 Å². The van der Waals surface area contributed by atoms with Gasteiger partial charge in [0.1, 0.15) is 0 Å². The van der Waals surface area contributed by atoms with Crippen molar-refractivity contribution in [3.05, 3.63) is 34.9 Å². The molecule has 80 valence electrons. The number of rotatable bonds is 0. The molecular formula is C12H16N2O. The van der Waals surface area contributed by atoms with Crippen LogP contribution in [0.15, 0.2) is 18.2 Å². The number of hydrogen-bond donors (Lipinski definition) is 2. The number of benzene rings is 1. The van der Waals surface area contributed by atoms with Crippen molar-refractivity contribution in [1.82, 2.24) is 10.6 Å². The molecule has 2 bridgehead atoms. The first kappa shape index (κ1) is 10.0. The van der Waals surface area contributed by atoms with E-state index in [0.29, 0.717) is 13.1 Å². The Bertz CT molecular complexity index is 374. The number of hydrogen-bond acceptors (Lipinski definition) is 1. The minimum absolute atomic E-state index is 0.0576. The third-order valence-corrected chi connectivity index (χ3v) is 2.79. The molecule has 0 radical (unpaired) electrons. The Balaban J connectivity index is 2.22. The van der Waals surface area contributed by atoms with Crippen LogP contribution in [0.2, 0.25) is 0 Å². The SMILES string of the molecule is Cc1ccc2cc1CCNC(=O)NCC2. The minimum atomic E-state index is -0.0576. The second-order valence-electron chi connectivity index (χ2n) is 3.94. The molecule has 0 fully saturated rings. The highest BCUT2D eigenvalue weighted by Gasteiger charge is 2.05. The molecule has 0 atom stereocenters. The lowest BCUT2D eigenvalue weighted by Crippen LogP contribution is -2.38. The topological polar surface area (TPSA) is 41.1 Å². The molecule has 0 aliphatic carbocycles. The van der Waals surface area contributed by atoms with Crippen LogP contribution in [0.4, 0.5) is 4.79 Å². The summed E-state index contributed by atoms with van der Waals surface area (Å²) in [5.74, 6) is 0. The normalized spacial score (nSPS) is 16.5. The fourth-order valence-corrected chi connectivity index (χ4v) is 1.84. The van der Waals surface area contributed by atoms with Crippen molar-refractivity contribution in [2.45, 2.75) is 19.8 Å². The smallest absolute Gasteiger partial charge is 0.314 e. The number of nitrogens with one attached hydrogen (secondary N) is 2. The van der Waals surface area contributed by atoms with E-state index < -0.39 is 0 Å². The molecule has 0 aromatic heterocycles. The van der Waals surface area contributed by atoms with Gasteiger partial charge in [-0.2, -0.15) is 0 Å². The Morgan fingerprint density at radius 3 is 2.67 bits per heavy atom. The molecular weight excluding hydrogens is 188 g/mol. The van der Waals surface area contributed by atoms with Crippen LogP contribution in [0.3, 0.4) is 0 Å². The number of carbonyl (C=O) groups excluding carboxylic acids is 1. The number of urea groups is 1. The van der Waals surface area contributed by atoms with Crippen LogP contribution in [-0.2, 0) is 12.8 Å². The highest BCUT2D eigenvalue weighted by Crippen LogP contribution is 2.12. The van der Waals surface area contributed by atoms with Crippen LogP contribution in [0, 0.1) is 6.92 Å². The standard InChI is InChI=1S/C12H16N2O/c1-9-2-3-10-4-6-13-12(15)14-7-5-11(9)8-10/h2-3,8H,4-7H2,1H3,(H2,13,14,15). The van der Waals surface area contributed by atoms with Gasteiger partial charge in [-0.15, -0.1) is 0 Å². The average molecular weight is 204 g/mol. The quantitative estimate of drug-likeness (QED) is 0.659. The zero-order valence-electron chi connectivity index (χ0n) is 8.97. The third kappa shape index (κ3) is 2.49. The third-order valence-electron chi connectivity index (χ3n) is 2.79. The van der Waals surface area contributed by atoms with E-state index in [9.17, 15) is 4.79 Å². The van der Waals surface area contributed by atoms with Crippen molar-refractivity contribution in [3.8, 4) is 0 Å². The first-order valence-corrected chi connectivity index (χ1v) is 5.36. The summed E-state index contributed by atoms with van der Waals surface area (Å²) in [6.07, 6.45) is 1.81. The molecule has 3 heteroatoms. The van der Waals surface area contributed by atoms with Gasteiger partial charge in [-0.25, -0.2) is 4.79 Å². The van der Waals surface area contributed by atoms with Gasteiger partial charge in [-0.1, -0.05) is 18.2 Å². The first-order chi connectivity index (χ1) is 7.25. The summed E-state index contributed by atoms with van der Waals surface area (Å²) < 4.78 is 0. The van der Waals surface area contributed by atoms with E-state index in [0.717, 1.165) is 12.8 Å². The number of amides is 2. The van der Waals surface area contributed by atoms with Gasteiger partial charge in [0.05, 0.1) is 0 Å².